The Kier molecular flexibility index (Phi) is 4.97. The molecule has 0 fully saturated rings. The highest BCUT2D eigenvalue weighted by Gasteiger charge is 2.19. The minimum Gasteiger partial charge on any atom is -0.497 e. The highest BCUT2D eigenvalue weighted by Crippen LogP contribution is 2.22. The number of methoxy groups -OCH3 is 1. The Morgan fingerprint density at radius 2 is 2.24 bits per heavy atom. The van der Waals surface area contributed by atoms with Crippen molar-refractivity contribution in [2.45, 2.75) is 13.8 Å². The molecule has 0 saturated carbocycles. The topological polar surface area (TPSA) is 55.6 Å². The molecular formula is C13H20N2O2. The molecule has 0 saturated heterocycles. The second kappa shape index (κ2) is 6.25. The molecule has 1 unspecified atom stereocenters. The first-order valence-electron chi connectivity index (χ1n) is 5.79. The largest absolute Gasteiger partial charge is 0.497 e. The molecule has 1 rings (SSSR count). The second-order valence-corrected chi connectivity index (χ2v) is 3.92. The van der Waals surface area contributed by atoms with Gasteiger partial charge < -0.3 is 15.4 Å². The number of nitrogens with two attached hydrogens (primary N) is 1. The van der Waals surface area contributed by atoms with Gasteiger partial charge in [0.05, 0.1) is 7.11 Å². The summed E-state index contributed by atoms with van der Waals surface area (Å²) in [4.78, 5) is 13.8. The number of nitrogens with zero attached hydrogens (tertiary/aromatic N) is 1. The molecule has 4 heteroatoms. The third kappa shape index (κ3) is 3.20. The number of carbonyl (C=O) groups excluding carboxylic acids is 1. The van der Waals surface area contributed by atoms with E-state index in [1.807, 2.05) is 38.1 Å². The van der Waals surface area contributed by atoms with Crippen molar-refractivity contribution in [2.75, 3.05) is 25.1 Å². The zero-order chi connectivity index (χ0) is 12.8. The number of amides is 1. The van der Waals surface area contributed by atoms with E-state index in [-0.39, 0.29) is 11.8 Å². The number of rotatable bonds is 5. The maximum absolute atomic E-state index is 12.1. The van der Waals surface area contributed by atoms with Crippen molar-refractivity contribution < 1.29 is 9.53 Å². The maximum Gasteiger partial charge on any atom is 0.231 e. The minimum atomic E-state index is -0.166. The lowest BCUT2D eigenvalue weighted by atomic mass is 10.1. The predicted octanol–water partition coefficient (Wildman–Crippen LogP) is 1.64. The monoisotopic (exact) mass is 236 g/mol. The van der Waals surface area contributed by atoms with Gasteiger partial charge in [0.25, 0.3) is 0 Å². The fourth-order valence-corrected chi connectivity index (χ4v) is 1.61. The van der Waals surface area contributed by atoms with E-state index in [4.69, 9.17) is 10.5 Å². The fourth-order valence-electron chi connectivity index (χ4n) is 1.61. The highest BCUT2D eigenvalue weighted by molar-refractivity contribution is 5.95. The first kappa shape index (κ1) is 13.5. The van der Waals surface area contributed by atoms with Crippen molar-refractivity contribution in [1.29, 1.82) is 0 Å². The third-order valence-corrected chi connectivity index (χ3v) is 2.72. The molecule has 17 heavy (non-hydrogen) atoms. The lowest BCUT2D eigenvalue weighted by Gasteiger charge is -2.24. The zero-order valence-corrected chi connectivity index (χ0v) is 10.6. The lowest BCUT2D eigenvalue weighted by molar-refractivity contribution is -0.121. The molecule has 0 spiro atoms. The first-order chi connectivity index (χ1) is 8.13. The van der Waals surface area contributed by atoms with Gasteiger partial charge in [0.1, 0.15) is 5.75 Å². The summed E-state index contributed by atoms with van der Waals surface area (Å²) in [5.41, 5.74) is 6.37. The minimum absolute atomic E-state index is 0.0447. The van der Waals surface area contributed by atoms with Crippen LogP contribution in [0, 0.1) is 5.92 Å². The number of benzene rings is 1. The molecule has 1 amide bonds. The summed E-state index contributed by atoms with van der Waals surface area (Å²) in [7, 11) is 1.61. The summed E-state index contributed by atoms with van der Waals surface area (Å²) in [6.07, 6.45) is 0. The zero-order valence-electron chi connectivity index (χ0n) is 10.6. The van der Waals surface area contributed by atoms with Crippen LogP contribution in [0.25, 0.3) is 0 Å². The number of carbonyl (C=O) groups is 1. The Balaban J connectivity index is 2.96. The van der Waals surface area contributed by atoms with E-state index in [1.54, 1.807) is 12.0 Å². The third-order valence-electron chi connectivity index (χ3n) is 2.72. The summed E-state index contributed by atoms with van der Waals surface area (Å²) in [6, 6.07) is 7.48. The normalized spacial score (nSPS) is 12.0. The van der Waals surface area contributed by atoms with Crippen LogP contribution in [0.1, 0.15) is 13.8 Å². The first-order valence-corrected chi connectivity index (χ1v) is 5.79. The molecule has 94 valence electrons. The van der Waals surface area contributed by atoms with Gasteiger partial charge in [-0.25, -0.2) is 0 Å². The second-order valence-electron chi connectivity index (χ2n) is 3.92. The molecule has 4 nitrogen and oxygen atoms in total. The van der Waals surface area contributed by atoms with Crippen LogP contribution < -0.4 is 15.4 Å². The average molecular weight is 236 g/mol. The van der Waals surface area contributed by atoms with E-state index in [2.05, 4.69) is 0 Å². The molecule has 0 aliphatic carbocycles. The fraction of sp³-hybridized carbons (Fsp3) is 0.462. The Morgan fingerprint density at radius 3 is 2.76 bits per heavy atom. The smallest absolute Gasteiger partial charge is 0.231 e. The number of hydrogen-bond donors (Lipinski definition) is 1. The SMILES string of the molecule is CCN(C(=O)C(C)CN)c1cccc(OC)c1. The van der Waals surface area contributed by atoms with Crippen LogP contribution in [0.15, 0.2) is 24.3 Å². The van der Waals surface area contributed by atoms with Gasteiger partial charge in [-0.15, -0.1) is 0 Å². The standard InChI is InChI=1S/C13H20N2O2/c1-4-15(13(16)10(2)9-14)11-6-5-7-12(8-11)17-3/h5-8,10H,4,9,14H2,1-3H3. The Labute approximate surface area is 102 Å². The molecule has 0 bridgehead atoms. The quantitative estimate of drug-likeness (QED) is 0.845. The molecule has 0 radical (unpaired) electrons. The number of anilines is 1. The van der Waals surface area contributed by atoms with Gasteiger partial charge in [0.15, 0.2) is 0 Å². The van der Waals surface area contributed by atoms with Gasteiger partial charge >= 0.3 is 0 Å². The highest BCUT2D eigenvalue weighted by atomic mass is 16.5. The predicted molar refractivity (Wildman–Crippen MR) is 69.2 cm³/mol. The summed E-state index contributed by atoms with van der Waals surface area (Å²) in [5, 5.41) is 0. The van der Waals surface area contributed by atoms with Crippen LogP contribution in [-0.4, -0.2) is 26.1 Å². The Morgan fingerprint density at radius 1 is 1.53 bits per heavy atom. The van der Waals surface area contributed by atoms with Crippen LogP contribution in [0.2, 0.25) is 0 Å². The average Bonchev–Trinajstić information content (AvgIpc) is 2.38. The van der Waals surface area contributed by atoms with E-state index in [9.17, 15) is 4.79 Å². The van der Waals surface area contributed by atoms with Crippen molar-refractivity contribution in [3.63, 3.8) is 0 Å². The molecule has 0 aliphatic heterocycles. The van der Waals surface area contributed by atoms with Gasteiger partial charge in [-0.3, -0.25) is 4.79 Å². The Bertz CT molecular complexity index is 379. The van der Waals surface area contributed by atoms with Gasteiger partial charge in [-0.1, -0.05) is 13.0 Å². The molecule has 0 heterocycles. The van der Waals surface area contributed by atoms with E-state index >= 15 is 0 Å². The van der Waals surface area contributed by atoms with Gasteiger partial charge in [-0.05, 0) is 19.1 Å². The number of hydrogen-bond acceptors (Lipinski definition) is 3. The van der Waals surface area contributed by atoms with Crippen LogP contribution >= 0.6 is 0 Å². The van der Waals surface area contributed by atoms with Crippen LogP contribution in [0.4, 0.5) is 5.69 Å². The van der Waals surface area contributed by atoms with Crippen molar-refractivity contribution in [2.24, 2.45) is 11.7 Å². The van der Waals surface area contributed by atoms with Crippen molar-refractivity contribution in [3.8, 4) is 5.75 Å². The molecule has 1 atom stereocenters. The molecular weight excluding hydrogens is 216 g/mol. The molecule has 2 N–H and O–H groups in total. The van der Waals surface area contributed by atoms with E-state index < -0.39 is 0 Å². The Hall–Kier alpha value is -1.55. The summed E-state index contributed by atoms with van der Waals surface area (Å²) >= 11 is 0. The summed E-state index contributed by atoms with van der Waals surface area (Å²) < 4.78 is 5.15. The maximum atomic E-state index is 12.1. The van der Waals surface area contributed by atoms with E-state index in [0.717, 1.165) is 11.4 Å². The van der Waals surface area contributed by atoms with Gasteiger partial charge in [0.2, 0.25) is 5.91 Å². The summed E-state index contributed by atoms with van der Waals surface area (Å²) in [5.74, 6) is 0.624. The number of ether oxygens (including phenoxy) is 1. The summed E-state index contributed by atoms with van der Waals surface area (Å²) in [6.45, 7) is 4.77. The van der Waals surface area contributed by atoms with Crippen molar-refractivity contribution in [1.82, 2.24) is 0 Å². The van der Waals surface area contributed by atoms with E-state index in [0.29, 0.717) is 13.1 Å². The molecule has 1 aromatic carbocycles. The van der Waals surface area contributed by atoms with Crippen molar-refractivity contribution >= 4 is 11.6 Å². The van der Waals surface area contributed by atoms with Crippen LogP contribution in [-0.2, 0) is 4.79 Å². The van der Waals surface area contributed by atoms with Crippen LogP contribution in [0.5, 0.6) is 5.75 Å². The lowest BCUT2D eigenvalue weighted by Crippen LogP contribution is -2.37. The van der Waals surface area contributed by atoms with E-state index in [1.165, 1.54) is 0 Å². The van der Waals surface area contributed by atoms with Gasteiger partial charge in [-0.2, -0.15) is 0 Å². The van der Waals surface area contributed by atoms with Gasteiger partial charge in [0, 0.05) is 30.8 Å². The van der Waals surface area contributed by atoms with Crippen LogP contribution in [0.3, 0.4) is 0 Å². The molecule has 0 aliphatic rings. The molecule has 0 aromatic heterocycles. The molecule has 1 aromatic rings. The van der Waals surface area contributed by atoms with Crippen molar-refractivity contribution in [3.05, 3.63) is 24.3 Å².